The van der Waals surface area contributed by atoms with Crippen molar-refractivity contribution in [2.24, 2.45) is 0 Å². The lowest BCUT2D eigenvalue weighted by Gasteiger charge is -2.06. The molecule has 88 valence electrons. The minimum atomic E-state index is -0.0849. The molecule has 5 nitrogen and oxygen atoms in total. The standard InChI is InChI=1S/C9H12Br2N4O/c1-2-12-4-3-7(16)15-9-8(11)14-6(10)5-13-9/h5,12H,2-4H2,1H3,(H,13,15,16). The number of hydrogen-bond acceptors (Lipinski definition) is 4. The molecule has 0 radical (unpaired) electrons. The average molecular weight is 352 g/mol. The number of nitrogens with zero attached hydrogens (tertiary/aromatic N) is 2. The van der Waals surface area contributed by atoms with Crippen LogP contribution in [-0.2, 0) is 4.79 Å². The van der Waals surface area contributed by atoms with Crippen molar-refractivity contribution in [2.45, 2.75) is 13.3 Å². The monoisotopic (exact) mass is 350 g/mol. The fourth-order valence-corrected chi connectivity index (χ4v) is 1.91. The SMILES string of the molecule is CCNCCC(=O)Nc1ncc(Br)nc1Br. The quantitative estimate of drug-likeness (QED) is 0.795. The molecule has 0 fully saturated rings. The molecule has 0 aliphatic rings. The van der Waals surface area contributed by atoms with Crippen LogP contribution in [0.5, 0.6) is 0 Å². The van der Waals surface area contributed by atoms with E-state index in [0.717, 1.165) is 6.54 Å². The van der Waals surface area contributed by atoms with Crippen molar-refractivity contribution < 1.29 is 4.79 Å². The normalized spacial score (nSPS) is 10.2. The number of anilines is 1. The fraction of sp³-hybridized carbons (Fsp3) is 0.444. The van der Waals surface area contributed by atoms with Crippen molar-refractivity contribution >= 4 is 43.6 Å². The Balaban J connectivity index is 2.49. The summed E-state index contributed by atoms with van der Waals surface area (Å²) >= 11 is 6.41. The van der Waals surface area contributed by atoms with Gasteiger partial charge in [0.25, 0.3) is 0 Å². The molecule has 0 unspecified atom stereocenters. The molecule has 0 aliphatic heterocycles. The van der Waals surface area contributed by atoms with Gasteiger partial charge >= 0.3 is 0 Å². The maximum absolute atomic E-state index is 11.5. The molecule has 0 bridgehead atoms. The maximum Gasteiger partial charge on any atom is 0.226 e. The van der Waals surface area contributed by atoms with Crippen molar-refractivity contribution in [1.29, 1.82) is 0 Å². The molecule has 2 N–H and O–H groups in total. The van der Waals surface area contributed by atoms with Crippen LogP contribution < -0.4 is 10.6 Å². The molecule has 0 spiro atoms. The van der Waals surface area contributed by atoms with Crippen LogP contribution in [0.4, 0.5) is 5.82 Å². The summed E-state index contributed by atoms with van der Waals surface area (Å²) in [6, 6.07) is 0. The topological polar surface area (TPSA) is 66.9 Å². The van der Waals surface area contributed by atoms with Crippen LogP contribution in [0.1, 0.15) is 13.3 Å². The Kier molecular flexibility index (Phi) is 5.86. The Bertz CT molecular complexity index is 373. The summed E-state index contributed by atoms with van der Waals surface area (Å²) in [5.74, 6) is 0.350. The summed E-state index contributed by atoms with van der Waals surface area (Å²) in [6.07, 6.45) is 1.95. The van der Waals surface area contributed by atoms with Gasteiger partial charge in [0.05, 0.1) is 6.20 Å². The fourth-order valence-electron chi connectivity index (χ4n) is 1.00. The minimum absolute atomic E-state index is 0.0849. The number of halogens is 2. The van der Waals surface area contributed by atoms with E-state index in [1.807, 2.05) is 6.92 Å². The van der Waals surface area contributed by atoms with Crippen LogP contribution in [0.3, 0.4) is 0 Å². The molecule has 0 saturated heterocycles. The predicted octanol–water partition coefficient (Wildman–Crippen LogP) is 1.94. The summed E-state index contributed by atoms with van der Waals surface area (Å²) in [5, 5.41) is 5.75. The van der Waals surface area contributed by atoms with E-state index in [9.17, 15) is 4.79 Å². The molecule has 16 heavy (non-hydrogen) atoms. The summed E-state index contributed by atoms with van der Waals surface area (Å²) < 4.78 is 1.13. The third-order valence-electron chi connectivity index (χ3n) is 1.74. The number of aromatic nitrogens is 2. The minimum Gasteiger partial charge on any atom is -0.316 e. The number of amides is 1. The highest BCUT2D eigenvalue weighted by atomic mass is 79.9. The van der Waals surface area contributed by atoms with Crippen molar-refractivity contribution in [2.75, 3.05) is 18.4 Å². The number of nitrogens with one attached hydrogen (secondary N) is 2. The Morgan fingerprint density at radius 1 is 1.50 bits per heavy atom. The second-order valence-electron chi connectivity index (χ2n) is 2.98. The lowest BCUT2D eigenvalue weighted by molar-refractivity contribution is -0.116. The van der Waals surface area contributed by atoms with Gasteiger partial charge in [-0.2, -0.15) is 0 Å². The zero-order valence-electron chi connectivity index (χ0n) is 8.76. The van der Waals surface area contributed by atoms with Gasteiger partial charge in [0, 0.05) is 13.0 Å². The van der Waals surface area contributed by atoms with Crippen LogP contribution in [0.2, 0.25) is 0 Å². The third-order valence-corrected chi connectivity index (χ3v) is 2.67. The van der Waals surface area contributed by atoms with Gasteiger partial charge in [-0.25, -0.2) is 9.97 Å². The molecule has 1 heterocycles. The molecule has 1 rings (SSSR count). The summed E-state index contributed by atoms with van der Waals surface area (Å²) in [4.78, 5) is 19.6. The summed E-state index contributed by atoms with van der Waals surface area (Å²) in [5.41, 5.74) is 0. The number of carbonyl (C=O) groups excluding carboxylic acids is 1. The van der Waals surface area contributed by atoms with Gasteiger partial charge in [0.15, 0.2) is 5.82 Å². The van der Waals surface area contributed by atoms with Crippen molar-refractivity contribution in [3.05, 3.63) is 15.4 Å². The first-order valence-electron chi connectivity index (χ1n) is 4.82. The molecule has 0 aromatic carbocycles. The van der Waals surface area contributed by atoms with Gasteiger partial charge in [-0.3, -0.25) is 4.79 Å². The van der Waals surface area contributed by atoms with Crippen molar-refractivity contribution in [3.63, 3.8) is 0 Å². The molecular weight excluding hydrogens is 340 g/mol. The van der Waals surface area contributed by atoms with Crippen molar-refractivity contribution in [3.8, 4) is 0 Å². The van der Waals surface area contributed by atoms with Gasteiger partial charge < -0.3 is 10.6 Å². The zero-order chi connectivity index (χ0) is 12.0. The molecule has 0 aliphatic carbocycles. The second kappa shape index (κ2) is 6.93. The van der Waals surface area contributed by atoms with Crippen LogP contribution in [0.15, 0.2) is 15.4 Å². The zero-order valence-corrected chi connectivity index (χ0v) is 11.9. The summed E-state index contributed by atoms with van der Waals surface area (Å²) in [6.45, 7) is 3.51. The highest BCUT2D eigenvalue weighted by Crippen LogP contribution is 2.19. The molecule has 1 aromatic heterocycles. The van der Waals surface area contributed by atoms with E-state index in [1.165, 1.54) is 6.20 Å². The van der Waals surface area contributed by atoms with Crippen LogP contribution >= 0.6 is 31.9 Å². The molecule has 7 heteroatoms. The van der Waals surface area contributed by atoms with E-state index in [0.29, 0.717) is 28.0 Å². The predicted molar refractivity (Wildman–Crippen MR) is 69.2 cm³/mol. The van der Waals surface area contributed by atoms with Gasteiger partial charge in [0.1, 0.15) is 9.21 Å². The van der Waals surface area contributed by atoms with Crippen LogP contribution in [0.25, 0.3) is 0 Å². The molecule has 0 saturated carbocycles. The van der Waals surface area contributed by atoms with Gasteiger partial charge in [-0.1, -0.05) is 6.92 Å². The molecule has 0 atom stereocenters. The highest BCUT2D eigenvalue weighted by molar-refractivity contribution is 9.11. The lowest BCUT2D eigenvalue weighted by Crippen LogP contribution is -2.22. The van der Waals surface area contributed by atoms with Crippen LogP contribution in [0, 0.1) is 0 Å². The third kappa shape index (κ3) is 4.54. The first kappa shape index (κ1) is 13.5. The Labute approximate surface area is 111 Å². The molecule has 1 aromatic rings. The first-order valence-corrected chi connectivity index (χ1v) is 6.40. The van der Waals surface area contributed by atoms with E-state index in [1.54, 1.807) is 0 Å². The van der Waals surface area contributed by atoms with E-state index in [2.05, 4.69) is 52.5 Å². The van der Waals surface area contributed by atoms with E-state index < -0.39 is 0 Å². The average Bonchev–Trinajstić information content (AvgIpc) is 2.23. The van der Waals surface area contributed by atoms with Gasteiger partial charge in [-0.15, -0.1) is 0 Å². The first-order chi connectivity index (χ1) is 7.63. The lowest BCUT2D eigenvalue weighted by atomic mass is 10.4. The van der Waals surface area contributed by atoms with E-state index >= 15 is 0 Å². The number of rotatable bonds is 5. The summed E-state index contributed by atoms with van der Waals surface area (Å²) in [7, 11) is 0. The number of hydrogen-bond donors (Lipinski definition) is 2. The van der Waals surface area contributed by atoms with Gasteiger partial charge in [-0.05, 0) is 38.4 Å². The highest BCUT2D eigenvalue weighted by Gasteiger charge is 2.07. The van der Waals surface area contributed by atoms with Crippen molar-refractivity contribution in [1.82, 2.24) is 15.3 Å². The second-order valence-corrected chi connectivity index (χ2v) is 4.55. The molecule has 1 amide bonds. The Hall–Kier alpha value is -0.530. The maximum atomic E-state index is 11.5. The Morgan fingerprint density at radius 2 is 2.25 bits per heavy atom. The number of carbonyl (C=O) groups is 1. The smallest absolute Gasteiger partial charge is 0.226 e. The Morgan fingerprint density at radius 3 is 2.88 bits per heavy atom. The van der Waals surface area contributed by atoms with Gasteiger partial charge in [0.2, 0.25) is 5.91 Å². The van der Waals surface area contributed by atoms with E-state index in [4.69, 9.17) is 0 Å². The molecular formula is C9H12Br2N4O. The van der Waals surface area contributed by atoms with E-state index in [-0.39, 0.29) is 5.91 Å². The van der Waals surface area contributed by atoms with Crippen LogP contribution in [-0.4, -0.2) is 29.0 Å². The largest absolute Gasteiger partial charge is 0.316 e.